The van der Waals surface area contributed by atoms with Crippen LogP contribution in [0.1, 0.15) is 5.56 Å². The van der Waals surface area contributed by atoms with Crippen LogP contribution in [0.2, 0.25) is 0 Å². The molecule has 0 aliphatic carbocycles. The van der Waals surface area contributed by atoms with Gasteiger partial charge in [0.15, 0.2) is 0 Å². The van der Waals surface area contributed by atoms with Crippen molar-refractivity contribution in [2.24, 2.45) is 0 Å². The molecule has 0 bridgehead atoms. The second kappa shape index (κ2) is 3.90. The summed E-state index contributed by atoms with van der Waals surface area (Å²) >= 11 is 4.68. The Balaban J connectivity index is 3.09. The van der Waals surface area contributed by atoms with E-state index < -0.39 is 21.7 Å². The molecular weight excluding hydrogens is 232 g/mol. The van der Waals surface area contributed by atoms with Gasteiger partial charge in [-0.25, -0.2) is 0 Å². The average molecular weight is 236 g/mol. The molecule has 7 heteroatoms. The fourth-order valence-electron chi connectivity index (χ4n) is 0.906. The van der Waals surface area contributed by atoms with Crippen LogP contribution in [0.25, 0.3) is 0 Å². The van der Waals surface area contributed by atoms with Crippen molar-refractivity contribution in [1.82, 2.24) is 0 Å². The molecule has 1 aromatic carbocycles. The molecule has 4 nitrogen and oxygen atoms in total. The van der Waals surface area contributed by atoms with Crippen LogP contribution < -0.4 is 0 Å². The van der Waals surface area contributed by atoms with E-state index in [0.29, 0.717) is 0 Å². The van der Waals surface area contributed by atoms with Crippen molar-refractivity contribution in [2.45, 2.75) is 5.92 Å². The van der Waals surface area contributed by atoms with E-state index in [1.54, 1.807) is 0 Å². The number of halogens is 3. The molecule has 0 spiro atoms. The van der Waals surface area contributed by atoms with Crippen molar-refractivity contribution < 1.29 is 18.5 Å². The first-order valence-corrected chi connectivity index (χ1v) is 4.06. The van der Waals surface area contributed by atoms with Gasteiger partial charge >= 0.3 is 5.92 Å². The number of non-ortho nitro benzene ring substituents is 1. The van der Waals surface area contributed by atoms with Crippen LogP contribution in [-0.4, -0.2) is 10.2 Å². The maximum atomic E-state index is 13.0. The SMILES string of the molecule is O=C(Cl)C(F)(F)c1ccc([N+](=O)[O-])cc1. The molecule has 0 radical (unpaired) electrons. The lowest BCUT2D eigenvalue weighted by Gasteiger charge is -2.10. The van der Waals surface area contributed by atoms with Crippen molar-refractivity contribution in [3.63, 3.8) is 0 Å². The second-order valence-electron chi connectivity index (χ2n) is 2.65. The van der Waals surface area contributed by atoms with E-state index >= 15 is 0 Å². The number of alkyl halides is 2. The predicted molar refractivity (Wildman–Crippen MR) is 47.9 cm³/mol. The number of hydrogen-bond acceptors (Lipinski definition) is 3. The summed E-state index contributed by atoms with van der Waals surface area (Å²) in [5.74, 6) is -3.82. The third kappa shape index (κ3) is 2.27. The number of carbonyl (C=O) groups excluding carboxylic acids is 1. The van der Waals surface area contributed by atoms with Gasteiger partial charge in [-0.1, -0.05) is 0 Å². The van der Waals surface area contributed by atoms with E-state index in [1.807, 2.05) is 0 Å². The maximum Gasteiger partial charge on any atom is 0.345 e. The zero-order chi connectivity index (χ0) is 11.6. The molecule has 0 heterocycles. The lowest BCUT2D eigenvalue weighted by atomic mass is 10.1. The topological polar surface area (TPSA) is 60.2 Å². The zero-order valence-electron chi connectivity index (χ0n) is 7.12. The van der Waals surface area contributed by atoms with Crippen molar-refractivity contribution >= 4 is 22.5 Å². The van der Waals surface area contributed by atoms with Crippen LogP contribution in [-0.2, 0) is 10.7 Å². The normalized spacial score (nSPS) is 11.1. The molecule has 0 fully saturated rings. The Morgan fingerprint density at radius 3 is 2.13 bits per heavy atom. The Kier molecular flexibility index (Phi) is 2.99. The smallest absolute Gasteiger partial charge is 0.274 e. The van der Waals surface area contributed by atoms with Gasteiger partial charge in [0.1, 0.15) is 0 Å². The molecule has 0 aliphatic rings. The van der Waals surface area contributed by atoms with Crippen molar-refractivity contribution in [2.75, 3.05) is 0 Å². The van der Waals surface area contributed by atoms with E-state index in [2.05, 4.69) is 11.6 Å². The number of rotatable bonds is 3. The Morgan fingerprint density at radius 1 is 1.33 bits per heavy atom. The van der Waals surface area contributed by atoms with Crippen molar-refractivity contribution in [3.05, 3.63) is 39.9 Å². The Bertz CT molecular complexity index is 405. The van der Waals surface area contributed by atoms with E-state index in [0.717, 1.165) is 24.3 Å². The minimum atomic E-state index is -3.82. The van der Waals surface area contributed by atoms with Crippen molar-refractivity contribution in [1.29, 1.82) is 0 Å². The molecule has 0 amide bonds. The summed E-state index contributed by atoms with van der Waals surface area (Å²) in [4.78, 5) is 19.9. The molecule has 0 saturated carbocycles. The van der Waals surface area contributed by atoms with Gasteiger partial charge in [0.25, 0.3) is 10.9 Å². The Labute approximate surface area is 87.6 Å². The molecule has 1 aromatic rings. The molecule has 0 aliphatic heterocycles. The van der Waals surface area contributed by atoms with Gasteiger partial charge in [-0.15, -0.1) is 0 Å². The van der Waals surface area contributed by atoms with Gasteiger partial charge in [-0.3, -0.25) is 14.9 Å². The van der Waals surface area contributed by atoms with Crippen LogP contribution in [0, 0.1) is 10.1 Å². The lowest BCUT2D eigenvalue weighted by Crippen LogP contribution is -2.21. The zero-order valence-corrected chi connectivity index (χ0v) is 7.87. The fourth-order valence-corrected chi connectivity index (χ4v) is 1.02. The highest BCUT2D eigenvalue weighted by molar-refractivity contribution is 6.65. The van der Waals surface area contributed by atoms with Gasteiger partial charge in [0.2, 0.25) is 0 Å². The number of benzene rings is 1. The number of nitro groups is 1. The minimum Gasteiger partial charge on any atom is -0.274 e. The molecule has 80 valence electrons. The molecule has 0 atom stereocenters. The van der Waals surface area contributed by atoms with Gasteiger partial charge in [0.05, 0.1) is 4.92 Å². The van der Waals surface area contributed by atoms with Crippen molar-refractivity contribution in [3.8, 4) is 0 Å². The van der Waals surface area contributed by atoms with E-state index in [9.17, 15) is 23.7 Å². The largest absolute Gasteiger partial charge is 0.345 e. The first kappa shape index (κ1) is 11.5. The van der Waals surface area contributed by atoms with E-state index in [4.69, 9.17) is 0 Å². The fraction of sp³-hybridized carbons (Fsp3) is 0.125. The molecule has 1 rings (SSSR count). The molecule has 0 aromatic heterocycles. The number of nitro benzene ring substituents is 1. The first-order chi connectivity index (χ1) is 6.85. The van der Waals surface area contributed by atoms with Gasteiger partial charge in [-0.05, 0) is 23.7 Å². The van der Waals surface area contributed by atoms with Crippen LogP contribution in [0.4, 0.5) is 14.5 Å². The molecular formula is C8H4ClF2NO3. The summed E-state index contributed by atoms with van der Waals surface area (Å²) in [6, 6.07) is 3.34. The summed E-state index contributed by atoms with van der Waals surface area (Å²) in [5, 5.41) is 8.40. The average Bonchev–Trinajstić information content (AvgIpc) is 2.17. The van der Waals surface area contributed by atoms with E-state index in [-0.39, 0.29) is 5.69 Å². The highest BCUT2D eigenvalue weighted by Crippen LogP contribution is 2.31. The van der Waals surface area contributed by atoms with Crippen LogP contribution in [0.3, 0.4) is 0 Å². The number of carbonyl (C=O) groups is 1. The standard InChI is InChI=1S/C8H4ClF2NO3/c9-7(13)8(10,11)5-1-3-6(4-2-5)12(14)15/h1-4H. The molecule has 0 saturated heterocycles. The summed E-state index contributed by atoms with van der Waals surface area (Å²) in [7, 11) is 0. The quantitative estimate of drug-likeness (QED) is 0.459. The summed E-state index contributed by atoms with van der Waals surface area (Å²) < 4.78 is 25.9. The van der Waals surface area contributed by atoms with Crippen LogP contribution in [0.15, 0.2) is 24.3 Å². The second-order valence-corrected chi connectivity index (χ2v) is 3.00. The van der Waals surface area contributed by atoms with Gasteiger partial charge < -0.3 is 0 Å². The third-order valence-electron chi connectivity index (χ3n) is 1.69. The maximum absolute atomic E-state index is 13.0. The Hall–Kier alpha value is -1.56. The highest BCUT2D eigenvalue weighted by atomic mass is 35.5. The van der Waals surface area contributed by atoms with E-state index in [1.165, 1.54) is 0 Å². The van der Waals surface area contributed by atoms with Gasteiger partial charge in [-0.2, -0.15) is 8.78 Å². The molecule has 15 heavy (non-hydrogen) atoms. The molecule has 0 unspecified atom stereocenters. The van der Waals surface area contributed by atoms with Gasteiger partial charge in [0, 0.05) is 17.7 Å². The molecule has 0 N–H and O–H groups in total. The minimum absolute atomic E-state index is 0.337. The Morgan fingerprint density at radius 2 is 1.80 bits per heavy atom. The number of nitrogens with zero attached hydrogens (tertiary/aromatic N) is 1. The third-order valence-corrected chi connectivity index (χ3v) is 1.92. The first-order valence-electron chi connectivity index (χ1n) is 3.68. The van der Waals surface area contributed by atoms with Crippen LogP contribution >= 0.6 is 11.6 Å². The highest BCUT2D eigenvalue weighted by Gasteiger charge is 2.39. The predicted octanol–water partition coefficient (Wildman–Crippen LogP) is 2.45. The summed E-state index contributed by atoms with van der Waals surface area (Å²) in [6.45, 7) is 0. The lowest BCUT2D eigenvalue weighted by molar-refractivity contribution is -0.384. The summed E-state index contributed by atoms with van der Waals surface area (Å²) in [6.07, 6.45) is 0. The van der Waals surface area contributed by atoms with Crippen LogP contribution in [0.5, 0.6) is 0 Å². The number of hydrogen-bond donors (Lipinski definition) is 0. The summed E-state index contributed by atoms with van der Waals surface area (Å²) in [5.41, 5.74) is -1.01. The monoisotopic (exact) mass is 235 g/mol.